The van der Waals surface area contributed by atoms with E-state index >= 15 is 0 Å². The second-order valence-electron chi connectivity index (χ2n) is 5.88. The fourth-order valence-electron chi connectivity index (χ4n) is 2.66. The van der Waals surface area contributed by atoms with E-state index in [0.29, 0.717) is 42.8 Å². The third-order valence-corrected chi connectivity index (χ3v) is 3.98. The van der Waals surface area contributed by atoms with Crippen LogP contribution in [0.15, 0.2) is 47.0 Å². The Kier molecular flexibility index (Phi) is 4.27. The van der Waals surface area contributed by atoms with Gasteiger partial charge < -0.3 is 19.3 Å². The van der Waals surface area contributed by atoms with Crippen molar-refractivity contribution in [3.8, 4) is 23.0 Å². The average Bonchev–Trinajstić information content (AvgIpc) is 3.12. The highest BCUT2D eigenvalue weighted by Crippen LogP contribution is 2.30. The molecule has 0 aliphatic carbocycles. The maximum Gasteiger partial charge on any atom is 0.257 e. The maximum atomic E-state index is 12.3. The Morgan fingerprint density at radius 3 is 2.58 bits per heavy atom. The maximum absolute atomic E-state index is 12.3. The monoisotopic (exact) mass is 351 g/mol. The standard InChI is InChI=1S/C19H17N3O4/c1-12-21-19(26-22-12)15-5-3-14(4-6-15)18(23)20-11-13-2-7-16-17(10-13)25-9-8-24-16/h2-7,10H,8-9,11H2,1H3,(H,20,23). The lowest BCUT2D eigenvalue weighted by molar-refractivity contribution is 0.0951. The second-order valence-corrected chi connectivity index (χ2v) is 5.88. The molecule has 1 aliphatic heterocycles. The second kappa shape index (κ2) is 6.87. The Morgan fingerprint density at radius 1 is 1.08 bits per heavy atom. The third kappa shape index (κ3) is 3.37. The van der Waals surface area contributed by atoms with Crippen molar-refractivity contribution in [2.24, 2.45) is 0 Å². The van der Waals surface area contributed by atoms with Gasteiger partial charge in [0.2, 0.25) is 0 Å². The van der Waals surface area contributed by atoms with Crippen molar-refractivity contribution in [3.63, 3.8) is 0 Å². The first kappa shape index (κ1) is 16.1. The van der Waals surface area contributed by atoms with Gasteiger partial charge in [-0.3, -0.25) is 4.79 Å². The lowest BCUT2D eigenvalue weighted by Gasteiger charge is -2.19. The van der Waals surface area contributed by atoms with Crippen LogP contribution in [0.3, 0.4) is 0 Å². The number of carbonyl (C=O) groups is 1. The molecule has 1 aromatic heterocycles. The van der Waals surface area contributed by atoms with Crippen LogP contribution in [-0.4, -0.2) is 29.3 Å². The van der Waals surface area contributed by atoms with E-state index in [1.54, 1.807) is 31.2 Å². The van der Waals surface area contributed by atoms with E-state index in [4.69, 9.17) is 14.0 Å². The number of aromatic nitrogens is 2. The Balaban J connectivity index is 1.40. The van der Waals surface area contributed by atoms with Gasteiger partial charge in [-0.05, 0) is 48.9 Å². The molecule has 132 valence electrons. The quantitative estimate of drug-likeness (QED) is 0.778. The van der Waals surface area contributed by atoms with Crippen LogP contribution in [0.4, 0.5) is 0 Å². The molecular formula is C19H17N3O4. The molecule has 3 aromatic rings. The average molecular weight is 351 g/mol. The van der Waals surface area contributed by atoms with Crippen LogP contribution < -0.4 is 14.8 Å². The van der Waals surface area contributed by atoms with Gasteiger partial charge in [0, 0.05) is 17.7 Å². The zero-order valence-corrected chi connectivity index (χ0v) is 14.2. The van der Waals surface area contributed by atoms with Gasteiger partial charge in [-0.25, -0.2) is 0 Å². The summed E-state index contributed by atoms with van der Waals surface area (Å²) in [7, 11) is 0. The van der Waals surface area contributed by atoms with E-state index in [0.717, 1.165) is 16.9 Å². The van der Waals surface area contributed by atoms with Crippen molar-refractivity contribution in [1.82, 2.24) is 15.5 Å². The first-order valence-electron chi connectivity index (χ1n) is 8.26. The molecule has 26 heavy (non-hydrogen) atoms. The van der Waals surface area contributed by atoms with Gasteiger partial charge in [0.1, 0.15) is 13.2 Å². The summed E-state index contributed by atoms with van der Waals surface area (Å²) in [6, 6.07) is 12.7. The van der Waals surface area contributed by atoms with Crippen LogP contribution in [-0.2, 0) is 6.54 Å². The number of hydrogen-bond donors (Lipinski definition) is 1. The van der Waals surface area contributed by atoms with Crippen LogP contribution in [0.2, 0.25) is 0 Å². The summed E-state index contributed by atoms with van der Waals surface area (Å²) in [6.07, 6.45) is 0. The minimum Gasteiger partial charge on any atom is -0.486 e. The number of amides is 1. The SMILES string of the molecule is Cc1noc(-c2ccc(C(=O)NCc3ccc4c(c3)OCCO4)cc2)n1. The largest absolute Gasteiger partial charge is 0.486 e. The summed E-state index contributed by atoms with van der Waals surface area (Å²) in [5.74, 6) is 2.29. The number of nitrogens with zero attached hydrogens (tertiary/aromatic N) is 2. The first-order chi connectivity index (χ1) is 12.7. The Hall–Kier alpha value is -3.35. The topological polar surface area (TPSA) is 86.5 Å². The number of rotatable bonds is 4. The molecule has 7 heteroatoms. The van der Waals surface area contributed by atoms with Crippen molar-refractivity contribution in [2.75, 3.05) is 13.2 Å². The van der Waals surface area contributed by atoms with Gasteiger partial charge >= 0.3 is 0 Å². The van der Waals surface area contributed by atoms with Crippen molar-refractivity contribution >= 4 is 5.91 Å². The molecule has 0 bridgehead atoms. The molecular weight excluding hydrogens is 334 g/mol. The normalized spacial score (nSPS) is 12.7. The highest BCUT2D eigenvalue weighted by molar-refractivity contribution is 5.94. The van der Waals surface area contributed by atoms with E-state index in [1.807, 2.05) is 18.2 Å². The molecule has 0 fully saturated rings. The molecule has 0 atom stereocenters. The molecule has 2 aromatic carbocycles. The number of nitrogens with one attached hydrogen (secondary N) is 1. The molecule has 0 unspecified atom stereocenters. The van der Waals surface area contributed by atoms with E-state index in [9.17, 15) is 4.79 Å². The highest BCUT2D eigenvalue weighted by Gasteiger charge is 2.13. The van der Waals surface area contributed by atoms with Gasteiger partial charge in [-0.15, -0.1) is 0 Å². The number of aryl methyl sites for hydroxylation is 1. The smallest absolute Gasteiger partial charge is 0.257 e. The number of fused-ring (bicyclic) bond motifs is 1. The first-order valence-corrected chi connectivity index (χ1v) is 8.26. The molecule has 0 saturated heterocycles. The molecule has 0 saturated carbocycles. The predicted molar refractivity (Wildman–Crippen MR) is 93.1 cm³/mol. The number of ether oxygens (including phenoxy) is 2. The highest BCUT2D eigenvalue weighted by atomic mass is 16.6. The Morgan fingerprint density at radius 2 is 1.85 bits per heavy atom. The van der Waals surface area contributed by atoms with Crippen molar-refractivity contribution in [1.29, 1.82) is 0 Å². The lowest BCUT2D eigenvalue weighted by Crippen LogP contribution is -2.23. The van der Waals surface area contributed by atoms with Crippen molar-refractivity contribution in [2.45, 2.75) is 13.5 Å². The molecule has 1 N–H and O–H groups in total. The van der Waals surface area contributed by atoms with E-state index in [-0.39, 0.29) is 5.91 Å². The molecule has 2 heterocycles. The lowest BCUT2D eigenvalue weighted by atomic mass is 10.1. The number of benzene rings is 2. The summed E-state index contributed by atoms with van der Waals surface area (Å²) in [5, 5.41) is 6.66. The van der Waals surface area contributed by atoms with Gasteiger partial charge in [-0.1, -0.05) is 11.2 Å². The zero-order chi connectivity index (χ0) is 17.9. The van der Waals surface area contributed by atoms with Crippen molar-refractivity contribution in [3.05, 3.63) is 59.4 Å². The molecule has 0 spiro atoms. The summed E-state index contributed by atoms with van der Waals surface area (Å²) in [4.78, 5) is 16.5. The van der Waals surface area contributed by atoms with E-state index in [2.05, 4.69) is 15.5 Å². The van der Waals surface area contributed by atoms with Gasteiger partial charge in [0.05, 0.1) is 0 Å². The van der Waals surface area contributed by atoms with Crippen LogP contribution in [0, 0.1) is 6.92 Å². The van der Waals surface area contributed by atoms with Gasteiger partial charge in [0.15, 0.2) is 17.3 Å². The summed E-state index contributed by atoms with van der Waals surface area (Å²) < 4.78 is 16.2. The Bertz CT molecular complexity index is 934. The molecule has 4 rings (SSSR count). The molecule has 0 radical (unpaired) electrons. The number of hydrogen-bond acceptors (Lipinski definition) is 6. The van der Waals surface area contributed by atoms with Crippen LogP contribution in [0.25, 0.3) is 11.5 Å². The number of carbonyl (C=O) groups excluding carboxylic acids is 1. The van der Waals surface area contributed by atoms with Crippen LogP contribution >= 0.6 is 0 Å². The van der Waals surface area contributed by atoms with Crippen LogP contribution in [0.1, 0.15) is 21.7 Å². The fourth-order valence-corrected chi connectivity index (χ4v) is 2.66. The van der Waals surface area contributed by atoms with Crippen LogP contribution in [0.5, 0.6) is 11.5 Å². The van der Waals surface area contributed by atoms with Gasteiger partial charge in [0.25, 0.3) is 11.8 Å². The summed E-state index contributed by atoms with van der Waals surface area (Å²) >= 11 is 0. The fraction of sp³-hybridized carbons (Fsp3) is 0.211. The minimum absolute atomic E-state index is 0.159. The molecule has 1 aliphatic rings. The summed E-state index contributed by atoms with van der Waals surface area (Å²) in [5.41, 5.74) is 2.28. The zero-order valence-electron chi connectivity index (χ0n) is 14.2. The predicted octanol–water partition coefficient (Wildman–Crippen LogP) is 2.75. The van der Waals surface area contributed by atoms with E-state index < -0.39 is 0 Å². The molecule has 7 nitrogen and oxygen atoms in total. The Labute approximate surface area is 149 Å². The summed E-state index contributed by atoms with van der Waals surface area (Å²) in [6.45, 7) is 3.25. The minimum atomic E-state index is -0.159. The molecule has 1 amide bonds. The third-order valence-electron chi connectivity index (χ3n) is 3.98. The van der Waals surface area contributed by atoms with E-state index in [1.165, 1.54) is 0 Å². The van der Waals surface area contributed by atoms with Crippen molar-refractivity contribution < 1.29 is 18.8 Å². The van der Waals surface area contributed by atoms with Gasteiger partial charge in [-0.2, -0.15) is 4.98 Å².